The molecule has 2 N–H and O–H groups in total. The molecule has 1 saturated heterocycles. The van der Waals surface area contributed by atoms with Gasteiger partial charge in [-0.05, 0) is 50.7 Å². The zero-order chi connectivity index (χ0) is 17.4. The van der Waals surface area contributed by atoms with Crippen LogP contribution in [0.2, 0.25) is 0 Å². The van der Waals surface area contributed by atoms with Gasteiger partial charge in [-0.1, -0.05) is 0 Å². The molecule has 128 valence electrons. The number of nitrogens with two attached hydrogens (primary N) is 1. The van der Waals surface area contributed by atoms with E-state index in [1.165, 1.54) is 16.4 Å². The number of piperidine rings is 1. The summed E-state index contributed by atoms with van der Waals surface area (Å²) in [5.41, 5.74) is 6.62. The second kappa shape index (κ2) is 6.54. The van der Waals surface area contributed by atoms with E-state index in [-0.39, 0.29) is 16.6 Å². The van der Waals surface area contributed by atoms with Crippen molar-refractivity contribution >= 4 is 15.7 Å². The molecule has 1 unspecified atom stereocenters. The van der Waals surface area contributed by atoms with E-state index in [1.54, 1.807) is 13.8 Å². The summed E-state index contributed by atoms with van der Waals surface area (Å²) < 4.78 is 27.3. The van der Waals surface area contributed by atoms with Gasteiger partial charge in [0.15, 0.2) is 0 Å². The first-order valence-corrected chi connectivity index (χ1v) is 9.10. The van der Waals surface area contributed by atoms with Crippen molar-refractivity contribution in [3.8, 4) is 0 Å². The lowest BCUT2D eigenvalue weighted by molar-refractivity contribution is -0.385. The van der Waals surface area contributed by atoms with Crippen LogP contribution in [0.25, 0.3) is 0 Å². The van der Waals surface area contributed by atoms with E-state index in [2.05, 4.69) is 0 Å². The van der Waals surface area contributed by atoms with E-state index >= 15 is 0 Å². The highest BCUT2D eigenvalue weighted by molar-refractivity contribution is 7.89. The van der Waals surface area contributed by atoms with Crippen LogP contribution in [0.5, 0.6) is 0 Å². The van der Waals surface area contributed by atoms with Crippen LogP contribution in [-0.4, -0.2) is 36.8 Å². The van der Waals surface area contributed by atoms with Gasteiger partial charge in [-0.2, -0.15) is 4.31 Å². The van der Waals surface area contributed by atoms with Crippen molar-refractivity contribution in [2.45, 2.75) is 44.6 Å². The van der Waals surface area contributed by atoms with Crippen LogP contribution in [0.15, 0.2) is 17.0 Å². The van der Waals surface area contributed by atoms with Crippen molar-refractivity contribution in [2.24, 2.45) is 11.7 Å². The average molecular weight is 341 g/mol. The van der Waals surface area contributed by atoms with Crippen LogP contribution in [0.1, 0.15) is 30.9 Å². The van der Waals surface area contributed by atoms with Crippen LogP contribution in [0, 0.1) is 29.9 Å². The highest BCUT2D eigenvalue weighted by Crippen LogP contribution is 2.31. The van der Waals surface area contributed by atoms with Crippen LogP contribution in [-0.2, 0) is 10.0 Å². The summed E-state index contributed by atoms with van der Waals surface area (Å²) in [4.78, 5) is 10.6. The molecule has 1 aliphatic heterocycles. The minimum absolute atomic E-state index is 0.0581. The van der Waals surface area contributed by atoms with Gasteiger partial charge in [0.1, 0.15) is 0 Å². The molecule has 2 rings (SSSR count). The van der Waals surface area contributed by atoms with Gasteiger partial charge in [0, 0.05) is 31.3 Å². The molecule has 1 atom stereocenters. The minimum Gasteiger partial charge on any atom is -0.328 e. The maximum atomic E-state index is 12.9. The fourth-order valence-corrected chi connectivity index (χ4v) is 5.09. The van der Waals surface area contributed by atoms with E-state index in [0.29, 0.717) is 30.1 Å². The molecule has 0 bridgehead atoms. The van der Waals surface area contributed by atoms with Crippen LogP contribution in [0.3, 0.4) is 0 Å². The Bertz CT molecular complexity index is 684. The van der Waals surface area contributed by atoms with Crippen molar-refractivity contribution in [3.05, 3.63) is 33.4 Å². The van der Waals surface area contributed by atoms with Crippen molar-refractivity contribution in [1.82, 2.24) is 4.31 Å². The number of hydrogen-bond donors (Lipinski definition) is 1. The summed E-state index contributed by atoms with van der Waals surface area (Å²) >= 11 is 0. The molecule has 0 aliphatic carbocycles. The van der Waals surface area contributed by atoms with Crippen LogP contribution < -0.4 is 5.73 Å². The number of sulfonamides is 1. The largest absolute Gasteiger partial charge is 0.328 e. The maximum absolute atomic E-state index is 12.9. The zero-order valence-electron chi connectivity index (χ0n) is 13.7. The first-order chi connectivity index (χ1) is 10.6. The third-order valence-electron chi connectivity index (χ3n) is 4.50. The Morgan fingerprint density at radius 3 is 2.13 bits per heavy atom. The number of hydrogen-bond acceptors (Lipinski definition) is 5. The number of benzene rings is 1. The van der Waals surface area contributed by atoms with Gasteiger partial charge in [0.25, 0.3) is 5.69 Å². The van der Waals surface area contributed by atoms with Crippen LogP contribution >= 0.6 is 0 Å². The topological polar surface area (TPSA) is 107 Å². The Labute approximate surface area is 136 Å². The molecule has 1 heterocycles. The number of non-ortho nitro benzene ring substituents is 1. The molecule has 0 radical (unpaired) electrons. The quantitative estimate of drug-likeness (QED) is 0.665. The summed E-state index contributed by atoms with van der Waals surface area (Å²) in [5, 5.41) is 10.9. The summed E-state index contributed by atoms with van der Waals surface area (Å²) in [7, 11) is -3.65. The standard InChI is InChI=1S/C15H23N3O4S/c1-10-8-14(18(19)20)9-11(2)15(10)23(21,22)17-6-4-13(5-7-17)12(3)16/h8-9,12-13H,4-7,16H2,1-3H3. The Morgan fingerprint density at radius 1 is 1.26 bits per heavy atom. The molecular weight excluding hydrogens is 318 g/mol. The fourth-order valence-electron chi connectivity index (χ4n) is 3.21. The summed E-state index contributed by atoms with van der Waals surface area (Å²) in [6.45, 7) is 6.01. The maximum Gasteiger partial charge on any atom is 0.270 e. The molecule has 1 aromatic rings. The van der Waals surface area contributed by atoms with E-state index in [0.717, 1.165) is 12.8 Å². The summed E-state index contributed by atoms with van der Waals surface area (Å²) in [5.74, 6) is 0.334. The molecule has 1 aliphatic rings. The highest BCUT2D eigenvalue weighted by atomic mass is 32.2. The minimum atomic E-state index is -3.65. The monoisotopic (exact) mass is 341 g/mol. The Kier molecular flexibility index (Phi) is 5.07. The van der Waals surface area contributed by atoms with E-state index < -0.39 is 14.9 Å². The van der Waals surface area contributed by atoms with Crippen molar-refractivity contribution in [1.29, 1.82) is 0 Å². The fraction of sp³-hybridized carbons (Fsp3) is 0.600. The molecular formula is C15H23N3O4S. The SMILES string of the molecule is Cc1cc([N+](=O)[O-])cc(C)c1S(=O)(=O)N1CCC(C(C)N)CC1. The van der Waals surface area contributed by atoms with E-state index in [1.807, 2.05) is 6.92 Å². The molecule has 1 aromatic carbocycles. The third-order valence-corrected chi connectivity index (χ3v) is 6.70. The summed E-state index contributed by atoms with van der Waals surface area (Å²) in [6, 6.07) is 2.69. The Hall–Kier alpha value is -1.51. The lowest BCUT2D eigenvalue weighted by atomic mass is 9.92. The van der Waals surface area contributed by atoms with Crippen LogP contribution in [0.4, 0.5) is 5.69 Å². The average Bonchev–Trinajstić information content (AvgIpc) is 2.46. The number of nitro groups is 1. The molecule has 8 heteroatoms. The predicted octanol–water partition coefficient (Wildman–Crippen LogP) is 1.96. The molecule has 7 nitrogen and oxygen atoms in total. The molecule has 23 heavy (non-hydrogen) atoms. The van der Waals surface area contributed by atoms with E-state index in [4.69, 9.17) is 5.73 Å². The zero-order valence-corrected chi connectivity index (χ0v) is 14.5. The molecule has 0 spiro atoms. The van der Waals surface area contributed by atoms with Gasteiger partial charge in [-0.15, -0.1) is 0 Å². The number of rotatable bonds is 4. The first-order valence-electron chi connectivity index (χ1n) is 7.66. The Morgan fingerprint density at radius 2 is 1.74 bits per heavy atom. The lowest BCUT2D eigenvalue weighted by Crippen LogP contribution is -2.42. The van der Waals surface area contributed by atoms with Gasteiger partial charge in [-0.25, -0.2) is 8.42 Å². The Balaban J connectivity index is 2.32. The molecule has 0 amide bonds. The molecule has 0 aromatic heterocycles. The summed E-state index contributed by atoms with van der Waals surface area (Å²) in [6.07, 6.45) is 1.48. The van der Waals surface area contributed by atoms with Gasteiger partial charge in [0.05, 0.1) is 9.82 Å². The second-order valence-electron chi connectivity index (χ2n) is 6.27. The molecule has 0 saturated carbocycles. The van der Waals surface area contributed by atoms with Crippen molar-refractivity contribution in [3.63, 3.8) is 0 Å². The van der Waals surface area contributed by atoms with Gasteiger partial charge < -0.3 is 5.73 Å². The smallest absolute Gasteiger partial charge is 0.270 e. The predicted molar refractivity (Wildman–Crippen MR) is 87.7 cm³/mol. The number of nitro benzene ring substituents is 1. The molecule has 1 fully saturated rings. The number of aryl methyl sites for hydroxylation is 2. The van der Waals surface area contributed by atoms with Crippen molar-refractivity contribution in [2.75, 3.05) is 13.1 Å². The second-order valence-corrected chi connectivity index (χ2v) is 8.14. The number of nitrogens with zero attached hydrogens (tertiary/aromatic N) is 2. The van der Waals surface area contributed by atoms with Gasteiger partial charge in [0.2, 0.25) is 10.0 Å². The van der Waals surface area contributed by atoms with Gasteiger partial charge in [-0.3, -0.25) is 10.1 Å². The van der Waals surface area contributed by atoms with E-state index in [9.17, 15) is 18.5 Å². The van der Waals surface area contributed by atoms with Crippen molar-refractivity contribution < 1.29 is 13.3 Å². The first kappa shape index (κ1) is 17.8. The highest BCUT2D eigenvalue weighted by Gasteiger charge is 2.33. The van der Waals surface area contributed by atoms with Gasteiger partial charge >= 0.3 is 0 Å². The third kappa shape index (κ3) is 3.54. The normalized spacial score (nSPS) is 18.8. The lowest BCUT2D eigenvalue weighted by Gasteiger charge is -2.33.